The predicted octanol–water partition coefficient (Wildman–Crippen LogP) is 3.29. The molecule has 0 aliphatic carbocycles. The summed E-state index contributed by atoms with van der Waals surface area (Å²) in [7, 11) is 0. The van der Waals surface area contributed by atoms with E-state index in [1.54, 1.807) is 0 Å². The molecule has 96 valence electrons. The molecule has 0 aliphatic rings. The van der Waals surface area contributed by atoms with Crippen LogP contribution in [0.1, 0.15) is 20.3 Å². The quantitative estimate of drug-likeness (QED) is 0.757. The van der Waals surface area contributed by atoms with E-state index in [2.05, 4.69) is 59.4 Å². The zero-order chi connectivity index (χ0) is 12.7. The Labute approximate surface area is 116 Å². The van der Waals surface area contributed by atoms with Gasteiger partial charge in [0.05, 0.1) is 6.61 Å². The van der Waals surface area contributed by atoms with Crippen molar-refractivity contribution in [3.05, 3.63) is 28.7 Å². The van der Waals surface area contributed by atoms with Crippen LogP contribution in [0.4, 0.5) is 0 Å². The second-order valence-electron chi connectivity index (χ2n) is 4.30. The van der Waals surface area contributed by atoms with E-state index >= 15 is 0 Å². The van der Waals surface area contributed by atoms with Crippen LogP contribution in [0.5, 0.6) is 0 Å². The third-order valence-electron chi connectivity index (χ3n) is 2.69. The van der Waals surface area contributed by atoms with Crippen molar-refractivity contribution in [2.45, 2.75) is 30.7 Å². The molecule has 0 spiro atoms. The number of aliphatic hydroxyl groups excluding tert-OH is 1. The molecule has 2 N–H and O–H groups in total. The smallest absolute Gasteiger partial charge is 0.0610 e. The van der Waals surface area contributed by atoms with Crippen LogP contribution in [0.25, 0.3) is 0 Å². The average molecular weight is 318 g/mol. The maximum Gasteiger partial charge on any atom is 0.0610 e. The van der Waals surface area contributed by atoms with Crippen molar-refractivity contribution in [3.63, 3.8) is 0 Å². The van der Waals surface area contributed by atoms with Gasteiger partial charge in [-0.05, 0) is 49.9 Å². The summed E-state index contributed by atoms with van der Waals surface area (Å²) >= 11 is 5.25. The van der Waals surface area contributed by atoms with Gasteiger partial charge in [0.2, 0.25) is 0 Å². The maximum absolute atomic E-state index is 9.37. The lowest BCUT2D eigenvalue weighted by molar-refractivity contribution is 0.173. The third kappa shape index (κ3) is 5.42. The summed E-state index contributed by atoms with van der Waals surface area (Å²) in [4.78, 5) is 1.27. The van der Waals surface area contributed by atoms with Crippen molar-refractivity contribution in [1.29, 1.82) is 0 Å². The minimum absolute atomic E-state index is 0.156. The highest BCUT2D eigenvalue weighted by molar-refractivity contribution is 9.10. The van der Waals surface area contributed by atoms with Gasteiger partial charge in [-0.25, -0.2) is 0 Å². The molecule has 1 unspecified atom stereocenters. The van der Waals surface area contributed by atoms with Crippen molar-refractivity contribution < 1.29 is 5.11 Å². The predicted molar refractivity (Wildman–Crippen MR) is 78.7 cm³/mol. The topological polar surface area (TPSA) is 32.3 Å². The van der Waals surface area contributed by atoms with Crippen LogP contribution >= 0.6 is 27.7 Å². The molecule has 4 heteroatoms. The van der Waals surface area contributed by atoms with Gasteiger partial charge < -0.3 is 10.4 Å². The SMILES string of the molecule is CCNC(C)(CO)CCSc1ccc(Br)cc1. The molecule has 0 heterocycles. The molecule has 2 nitrogen and oxygen atoms in total. The van der Waals surface area contributed by atoms with Gasteiger partial charge in [0.25, 0.3) is 0 Å². The van der Waals surface area contributed by atoms with E-state index in [0.29, 0.717) is 0 Å². The standard InChI is InChI=1S/C13H20BrNOS/c1-3-15-13(2,10-16)8-9-17-12-6-4-11(14)5-7-12/h4-7,15-16H,3,8-10H2,1-2H3. The van der Waals surface area contributed by atoms with E-state index in [4.69, 9.17) is 0 Å². The Morgan fingerprint density at radius 3 is 2.53 bits per heavy atom. The normalized spacial score (nSPS) is 14.6. The molecule has 0 amide bonds. The first-order valence-electron chi connectivity index (χ1n) is 5.84. The molecule has 0 saturated heterocycles. The lowest BCUT2D eigenvalue weighted by Gasteiger charge is -2.28. The van der Waals surface area contributed by atoms with Crippen LogP contribution in [-0.4, -0.2) is 29.5 Å². The molecule has 0 bridgehead atoms. The summed E-state index contributed by atoms with van der Waals surface area (Å²) in [5.74, 6) is 1.01. The second kappa shape index (κ2) is 7.41. The maximum atomic E-state index is 9.37. The summed E-state index contributed by atoms with van der Waals surface area (Å²) < 4.78 is 1.11. The molecule has 1 rings (SSSR count). The van der Waals surface area contributed by atoms with Crippen LogP contribution in [0.15, 0.2) is 33.6 Å². The minimum Gasteiger partial charge on any atom is -0.394 e. The highest BCUT2D eigenvalue weighted by Crippen LogP contribution is 2.23. The van der Waals surface area contributed by atoms with Gasteiger partial charge in [-0.3, -0.25) is 0 Å². The molecule has 0 saturated carbocycles. The number of nitrogens with one attached hydrogen (secondary N) is 1. The molecule has 1 aromatic carbocycles. The molecule has 1 atom stereocenters. The van der Waals surface area contributed by atoms with Gasteiger partial charge in [0, 0.05) is 14.9 Å². The molecule has 0 aromatic heterocycles. The third-order valence-corrected chi connectivity index (χ3v) is 4.23. The Morgan fingerprint density at radius 2 is 2.00 bits per heavy atom. The minimum atomic E-state index is -0.156. The van der Waals surface area contributed by atoms with Crippen LogP contribution in [0.3, 0.4) is 0 Å². The van der Waals surface area contributed by atoms with Gasteiger partial charge in [-0.15, -0.1) is 11.8 Å². The van der Waals surface area contributed by atoms with Gasteiger partial charge in [-0.1, -0.05) is 22.9 Å². The highest BCUT2D eigenvalue weighted by Gasteiger charge is 2.21. The van der Waals surface area contributed by atoms with E-state index in [1.165, 1.54) is 4.90 Å². The first-order valence-corrected chi connectivity index (χ1v) is 7.62. The second-order valence-corrected chi connectivity index (χ2v) is 6.39. The van der Waals surface area contributed by atoms with E-state index in [9.17, 15) is 5.11 Å². The Balaban J connectivity index is 2.38. The monoisotopic (exact) mass is 317 g/mol. The van der Waals surface area contributed by atoms with E-state index in [1.807, 2.05) is 11.8 Å². The zero-order valence-electron chi connectivity index (χ0n) is 10.4. The number of rotatable bonds is 7. The zero-order valence-corrected chi connectivity index (χ0v) is 12.8. The first-order chi connectivity index (χ1) is 8.09. The number of thioether (sulfide) groups is 1. The molecular weight excluding hydrogens is 298 g/mol. The number of benzene rings is 1. The lowest BCUT2D eigenvalue weighted by Crippen LogP contribution is -2.46. The Hall–Kier alpha value is -0.0300. The number of halogens is 1. The number of likely N-dealkylation sites (N-methyl/N-ethyl adjacent to an activating group) is 1. The van der Waals surface area contributed by atoms with Crippen molar-refractivity contribution in [3.8, 4) is 0 Å². The van der Waals surface area contributed by atoms with E-state index < -0.39 is 0 Å². The van der Waals surface area contributed by atoms with Crippen LogP contribution < -0.4 is 5.32 Å². The molecule has 0 fully saturated rings. The summed E-state index contributed by atoms with van der Waals surface area (Å²) in [5.41, 5.74) is -0.156. The highest BCUT2D eigenvalue weighted by atomic mass is 79.9. The largest absolute Gasteiger partial charge is 0.394 e. The average Bonchev–Trinajstić information content (AvgIpc) is 2.32. The van der Waals surface area contributed by atoms with Crippen LogP contribution in [0, 0.1) is 0 Å². The van der Waals surface area contributed by atoms with Gasteiger partial charge in [0.1, 0.15) is 0 Å². The van der Waals surface area contributed by atoms with Gasteiger partial charge in [-0.2, -0.15) is 0 Å². The summed E-state index contributed by atoms with van der Waals surface area (Å²) in [6.07, 6.45) is 0.956. The fourth-order valence-corrected chi connectivity index (χ4v) is 2.96. The Morgan fingerprint density at radius 1 is 1.35 bits per heavy atom. The summed E-state index contributed by atoms with van der Waals surface area (Å²) in [6, 6.07) is 8.33. The van der Waals surface area contributed by atoms with Gasteiger partial charge in [0.15, 0.2) is 0 Å². The molecule has 0 aliphatic heterocycles. The fraction of sp³-hybridized carbons (Fsp3) is 0.538. The first kappa shape index (κ1) is 15.0. The van der Waals surface area contributed by atoms with Crippen LogP contribution in [0.2, 0.25) is 0 Å². The van der Waals surface area contributed by atoms with Crippen molar-refractivity contribution in [2.75, 3.05) is 18.9 Å². The van der Waals surface area contributed by atoms with E-state index in [0.717, 1.165) is 23.2 Å². The van der Waals surface area contributed by atoms with Crippen molar-refractivity contribution >= 4 is 27.7 Å². The summed E-state index contributed by atoms with van der Waals surface area (Å²) in [6.45, 7) is 5.20. The molecule has 17 heavy (non-hydrogen) atoms. The van der Waals surface area contributed by atoms with E-state index in [-0.39, 0.29) is 12.1 Å². The van der Waals surface area contributed by atoms with Crippen molar-refractivity contribution in [2.24, 2.45) is 0 Å². The van der Waals surface area contributed by atoms with Gasteiger partial charge >= 0.3 is 0 Å². The number of hydrogen-bond donors (Lipinski definition) is 2. The van der Waals surface area contributed by atoms with Crippen LogP contribution in [-0.2, 0) is 0 Å². The molecule has 0 radical (unpaired) electrons. The Bertz CT molecular complexity index is 331. The molecular formula is C13H20BrNOS. The van der Waals surface area contributed by atoms with Crippen molar-refractivity contribution in [1.82, 2.24) is 5.32 Å². The summed E-state index contributed by atoms with van der Waals surface area (Å²) in [5, 5.41) is 12.7. The number of hydrogen-bond acceptors (Lipinski definition) is 3. The Kier molecular flexibility index (Phi) is 6.55. The molecule has 1 aromatic rings. The number of aliphatic hydroxyl groups is 1. The lowest BCUT2D eigenvalue weighted by atomic mass is 10.0. The fourth-order valence-electron chi connectivity index (χ4n) is 1.58.